The van der Waals surface area contributed by atoms with Crippen molar-refractivity contribution in [2.24, 2.45) is 0 Å². The van der Waals surface area contributed by atoms with Crippen LogP contribution in [0.4, 0.5) is 0 Å². The molecule has 1 rings (SSSR count). The van der Waals surface area contributed by atoms with Crippen LogP contribution in [0.15, 0.2) is 17.0 Å². The predicted octanol–water partition coefficient (Wildman–Crippen LogP) is 2.00. The van der Waals surface area contributed by atoms with Crippen LogP contribution in [-0.2, 0) is 0 Å². The van der Waals surface area contributed by atoms with E-state index in [1.807, 2.05) is 6.92 Å². The Morgan fingerprint density at radius 3 is 2.64 bits per heavy atom. The molecule has 1 aromatic rings. The third-order valence-corrected chi connectivity index (χ3v) is 1.85. The first kappa shape index (κ1) is 8.27. The predicted molar refractivity (Wildman–Crippen MR) is 46.6 cm³/mol. The molecule has 0 amide bonds. The van der Waals surface area contributed by atoms with Gasteiger partial charge >= 0.3 is 0 Å². The molecule has 0 saturated carbocycles. The van der Waals surface area contributed by atoms with Gasteiger partial charge in [-0.1, -0.05) is 0 Å². The number of ether oxygens (including phenoxy) is 1. The number of aromatic hydroxyl groups is 1. The van der Waals surface area contributed by atoms with Crippen LogP contribution in [0.1, 0.15) is 5.56 Å². The highest BCUT2D eigenvalue weighted by molar-refractivity contribution is 7.80. The largest absolute Gasteiger partial charge is 0.507 e. The van der Waals surface area contributed by atoms with Crippen molar-refractivity contribution in [2.75, 3.05) is 7.11 Å². The SMILES string of the molecule is COc1cc(S)c(O)cc1C. The molecule has 0 aliphatic rings. The monoisotopic (exact) mass is 170 g/mol. The van der Waals surface area contributed by atoms with E-state index in [1.165, 1.54) is 0 Å². The van der Waals surface area contributed by atoms with Gasteiger partial charge in [0.1, 0.15) is 11.5 Å². The number of rotatable bonds is 1. The minimum atomic E-state index is 0.187. The van der Waals surface area contributed by atoms with E-state index >= 15 is 0 Å². The second kappa shape index (κ2) is 3.05. The average Bonchev–Trinajstić information content (AvgIpc) is 1.97. The van der Waals surface area contributed by atoms with Gasteiger partial charge in [0.15, 0.2) is 0 Å². The molecule has 60 valence electrons. The van der Waals surface area contributed by atoms with Gasteiger partial charge < -0.3 is 9.84 Å². The van der Waals surface area contributed by atoms with E-state index in [4.69, 9.17) is 4.74 Å². The molecule has 2 nitrogen and oxygen atoms in total. The number of phenolic OH excluding ortho intramolecular Hbond substituents is 1. The summed E-state index contributed by atoms with van der Waals surface area (Å²) in [6, 6.07) is 3.31. The summed E-state index contributed by atoms with van der Waals surface area (Å²) in [5.74, 6) is 0.930. The van der Waals surface area contributed by atoms with Gasteiger partial charge in [0.25, 0.3) is 0 Å². The number of methoxy groups -OCH3 is 1. The van der Waals surface area contributed by atoms with E-state index in [-0.39, 0.29) is 5.75 Å². The Bertz CT molecular complexity index is 271. The van der Waals surface area contributed by atoms with E-state index in [9.17, 15) is 5.11 Å². The highest BCUT2D eigenvalue weighted by Gasteiger charge is 2.02. The summed E-state index contributed by atoms with van der Waals surface area (Å²) < 4.78 is 5.02. The number of phenols is 1. The Morgan fingerprint density at radius 2 is 2.09 bits per heavy atom. The van der Waals surface area contributed by atoms with Crippen molar-refractivity contribution >= 4 is 12.6 Å². The first-order valence-corrected chi connectivity index (χ1v) is 3.66. The minimum Gasteiger partial charge on any atom is -0.507 e. The van der Waals surface area contributed by atoms with Crippen molar-refractivity contribution in [2.45, 2.75) is 11.8 Å². The lowest BCUT2D eigenvalue weighted by Crippen LogP contribution is -1.86. The summed E-state index contributed by atoms with van der Waals surface area (Å²) in [6.45, 7) is 1.87. The van der Waals surface area contributed by atoms with Gasteiger partial charge in [-0.3, -0.25) is 0 Å². The fourth-order valence-electron chi connectivity index (χ4n) is 0.882. The number of thiol groups is 1. The van der Waals surface area contributed by atoms with E-state index in [1.54, 1.807) is 19.2 Å². The van der Waals surface area contributed by atoms with Gasteiger partial charge in [-0.25, -0.2) is 0 Å². The van der Waals surface area contributed by atoms with Crippen LogP contribution >= 0.6 is 12.6 Å². The van der Waals surface area contributed by atoms with Crippen molar-refractivity contribution in [3.63, 3.8) is 0 Å². The molecule has 0 heterocycles. The topological polar surface area (TPSA) is 29.5 Å². The fourth-order valence-corrected chi connectivity index (χ4v) is 1.06. The van der Waals surface area contributed by atoms with Gasteiger partial charge in [-0.2, -0.15) is 0 Å². The van der Waals surface area contributed by atoms with Crippen LogP contribution in [0.5, 0.6) is 11.5 Å². The number of benzene rings is 1. The second-order valence-electron chi connectivity index (χ2n) is 2.31. The minimum absolute atomic E-state index is 0.187. The smallest absolute Gasteiger partial charge is 0.129 e. The van der Waals surface area contributed by atoms with Crippen molar-refractivity contribution in [3.8, 4) is 11.5 Å². The molecule has 0 saturated heterocycles. The number of hydrogen-bond acceptors (Lipinski definition) is 3. The zero-order valence-electron chi connectivity index (χ0n) is 6.46. The second-order valence-corrected chi connectivity index (χ2v) is 2.79. The molecule has 1 N–H and O–H groups in total. The molecule has 0 aliphatic heterocycles. The molecular weight excluding hydrogens is 160 g/mol. The fraction of sp³-hybridized carbons (Fsp3) is 0.250. The lowest BCUT2D eigenvalue weighted by atomic mass is 10.2. The molecule has 0 fully saturated rings. The van der Waals surface area contributed by atoms with Gasteiger partial charge in [-0.05, 0) is 24.6 Å². The summed E-state index contributed by atoms with van der Waals surface area (Å²) in [5.41, 5.74) is 0.905. The van der Waals surface area contributed by atoms with Gasteiger partial charge in [0.2, 0.25) is 0 Å². The molecule has 11 heavy (non-hydrogen) atoms. The van der Waals surface area contributed by atoms with Gasteiger partial charge in [-0.15, -0.1) is 12.6 Å². The van der Waals surface area contributed by atoms with E-state index in [0.29, 0.717) is 4.90 Å². The first-order valence-electron chi connectivity index (χ1n) is 3.21. The van der Waals surface area contributed by atoms with Crippen LogP contribution in [0.3, 0.4) is 0 Å². The van der Waals surface area contributed by atoms with Crippen LogP contribution in [0.2, 0.25) is 0 Å². The Morgan fingerprint density at radius 1 is 1.45 bits per heavy atom. The lowest BCUT2D eigenvalue weighted by molar-refractivity contribution is 0.405. The standard InChI is InChI=1S/C8H10O2S/c1-5-3-6(9)8(11)4-7(5)10-2/h3-4,9,11H,1-2H3. The van der Waals surface area contributed by atoms with Crippen LogP contribution < -0.4 is 4.74 Å². The van der Waals surface area contributed by atoms with Crippen molar-refractivity contribution < 1.29 is 9.84 Å². The molecule has 3 heteroatoms. The quantitative estimate of drug-likeness (QED) is 0.631. The maximum absolute atomic E-state index is 9.19. The summed E-state index contributed by atoms with van der Waals surface area (Å²) >= 11 is 4.04. The van der Waals surface area contributed by atoms with E-state index in [0.717, 1.165) is 11.3 Å². The molecule has 0 aliphatic carbocycles. The Balaban J connectivity index is 3.21. The van der Waals surface area contributed by atoms with Crippen LogP contribution in [-0.4, -0.2) is 12.2 Å². The molecule has 0 unspecified atom stereocenters. The molecule has 1 aromatic carbocycles. The molecule has 0 aromatic heterocycles. The van der Waals surface area contributed by atoms with Crippen LogP contribution in [0, 0.1) is 6.92 Å². The summed E-state index contributed by atoms with van der Waals surface area (Å²) in [7, 11) is 1.59. The van der Waals surface area contributed by atoms with Gasteiger partial charge in [0.05, 0.1) is 7.11 Å². The van der Waals surface area contributed by atoms with Crippen LogP contribution in [0.25, 0.3) is 0 Å². The summed E-state index contributed by atoms with van der Waals surface area (Å²) in [5, 5.41) is 9.19. The summed E-state index contributed by atoms with van der Waals surface area (Å²) in [4.78, 5) is 0.535. The number of hydrogen-bond donors (Lipinski definition) is 2. The highest BCUT2D eigenvalue weighted by atomic mass is 32.1. The van der Waals surface area contributed by atoms with Crippen molar-refractivity contribution in [1.29, 1.82) is 0 Å². The Kier molecular flexibility index (Phi) is 2.29. The van der Waals surface area contributed by atoms with E-state index < -0.39 is 0 Å². The molecular formula is C8H10O2S. The van der Waals surface area contributed by atoms with Gasteiger partial charge in [0, 0.05) is 4.90 Å². The zero-order chi connectivity index (χ0) is 8.43. The average molecular weight is 170 g/mol. The Hall–Kier alpha value is -0.830. The normalized spacial score (nSPS) is 9.73. The number of aryl methyl sites for hydroxylation is 1. The highest BCUT2D eigenvalue weighted by Crippen LogP contribution is 2.29. The van der Waals surface area contributed by atoms with Crippen molar-refractivity contribution in [3.05, 3.63) is 17.7 Å². The first-order chi connectivity index (χ1) is 5.15. The molecule has 0 spiro atoms. The maximum Gasteiger partial charge on any atom is 0.129 e. The third kappa shape index (κ3) is 1.60. The Labute approximate surface area is 71.2 Å². The van der Waals surface area contributed by atoms with E-state index in [2.05, 4.69) is 12.6 Å². The third-order valence-electron chi connectivity index (χ3n) is 1.49. The molecule has 0 atom stereocenters. The van der Waals surface area contributed by atoms with Crippen molar-refractivity contribution in [1.82, 2.24) is 0 Å². The molecule has 0 radical (unpaired) electrons. The zero-order valence-corrected chi connectivity index (χ0v) is 7.35. The molecule has 0 bridgehead atoms. The summed E-state index contributed by atoms with van der Waals surface area (Å²) in [6.07, 6.45) is 0. The lowest BCUT2D eigenvalue weighted by Gasteiger charge is -2.05. The maximum atomic E-state index is 9.19.